The van der Waals surface area contributed by atoms with Gasteiger partial charge in [-0.1, -0.05) is 20.8 Å². The van der Waals surface area contributed by atoms with E-state index >= 15 is 0 Å². The molecule has 0 amide bonds. The maximum Gasteiger partial charge on any atom is 0.0907 e. The third kappa shape index (κ3) is 3.44. The molecular weight excluding hydrogens is 192 g/mol. The summed E-state index contributed by atoms with van der Waals surface area (Å²) in [6, 6.07) is 0. The van der Waals surface area contributed by atoms with E-state index in [-0.39, 0.29) is 24.0 Å². The minimum Gasteiger partial charge on any atom is -0.393 e. The summed E-state index contributed by atoms with van der Waals surface area (Å²) in [7, 11) is 0. The normalized spacial score (nSPS) is 38.0. The fraction of sp³-hybridized carbons (Fsp3) is 1.00. The summed E-state index contributed by atoms with van der Waals surface area (Å²) >= 11 is 0. The van der Waals surface area contributed by atoms with E-state index in [9.17, 15) is 15.3 Å². The molecule has 0 spiro atoms. The van der Waals surface area contributed by atoms with Crippen LogP contribution in [0.25, 0.3) is 0 Å². The Hall–Kier alpha value is -0.120. The quantitative estimate of drug-likeness (QED) is 0.652. The number of hydrogen-bond acceptors (Lipinski definition) is 3. The second-order valence-corrected chi connectivity index (χ2v) is 6.15. The first-order valence-electron chi connectivity index (χ1n) is 5.78. The molecule has 3 N–H and O–H groups in total. The Bertz CT molecular complexity index is 209. The smallest absolute Gasteiger partial charge is 0.0907 e. The Labute approximate surface area is 92.1 Å². The van der Waals surface area contributed by atoms with E-state index in [1.165, 1.54) is 0 Å². The molecule has 0 saturated heterocycles. The topological polar surface area (TPSA) is 60.7 Å². The van der Waals surface area contributed by atoms with Gasteiger partial charge in [0, 0.05) is 0 Å². The van der Waals surface area contributed by atoms with Crippen LogP contribution in [0.2, 0.25) is 0 Å². The van der Waals surface area contributed by atoms with Crippen molar-refractivity contribution in [3.05, 3.63) is 0 Å². The minimum absolute atomic E-state index is 0.00579. The van der Waals surface area contributed by atoms with Crippen LogP contribution in [-0.4, -0.2) is 33.6 Å². The van der Waals surface area contributed by atoms with E-state index in [0.29, 0.717) is 19.3 Å². The first kappa shape index (κ1) is 12.9. The van der Waals surface area contributed by atoms with E-state index in [1.54, 1.807) is 0 Å². The van der Waals surface area contributed by atoms with Gasteiger partial charge in [0.1, 0.15) is 0 Å². The summed E-state index contributed by atoms with van der Waals surface area (Å²) in [5.74, 6) is 0.00579. The van der Waals surface area contributed by atoms with Gasteiger partial charge in [0.05, 0.1) is 18.3 Å². The number of rotatable bonds is 2. The van der Waals surface area contributed by atoms with Crippen molar-refractivity contribution in [1.29, 1.82) is 0 Å². The second kappa shape index (κ2) is 4.40. The van der Waals surface area contributed by atoms with Crippen LogP contribution in [0.1, 0.15) is 46.5 Å². The van der Waals surface area contributed by atoms with Crippen molar-refractivity contribution in [3.63, 3.8) is 0 Å². The van der Waals surface area contributed by atoms with Gasteiger partial charge >= 0.3 is 0 Å². The second-order valence-electron chi connectivity index (χ2n) is 6.15. The van der Waals surface area contributed by atoms with Crippen molar-refractivity contribution >= 4 is 0 Å². The molecule has 1 rings (SSSR count). The fourth-order valence-corrected chi connectivity index (χ4v) is 2.51. The van der Waals surface area contributed by atoms with Gasteiger partial charge in [-0.2, -0.15) is 0 Å². The SMILES string of the molecule is CC(C)(C)CC1CC(O)CCC1(O)CO. The van der Waals surface area contributed by atoms with Crippen LogP contribution in [0.15, 0.2) is 0 Å². The van der Waals surface area contributed by atoms with Crippen molar-refractivity contribution in [2.75, 3.05) is 6.61 Å². The highest BCUT2D eigenvalue weighted by molar-refractivity contribution is 4.93. The molecule has 1 aliphatic carbocycles. The average molecular weight is 216 g/mol. The molecule has 0 aromatic carbocycles. The van der Waals surface area contributed by atoms with Gasteiger partial charge in [-0.15, -0.1) is 0 Å². The predicted octanol–water partition coefficient (Wildman–Crippen LogP) is 1.31. The van der Waals surface area contributed by atoms with Crippen LogP contribution in [0.4, 0.5) is 0 Å². The molecule has 3 heteroatoms. The van der Waals surface area contributed by atoms with E-state index in [0.717, 1.165) is 6.42 Å². The Morgan fingerprint density at radius 3 is 2.40 bits per heavy atom. The Kier molecular flexibility index (Phi) is 3.80. The molecule has 0 aliphatic heterocycles. The fourth-order valence-electron chi connectivity index (χ4n) is 2.51. The number of aliphatic hydroxyl groups is 3. The molecule has 0 aromatic heterocycles. The highest BCUT2D eigenvalue weighted by Crippen LogP contribution is 2.40. The largest absolute Gasteiger partial charge is 0.393 e. The summed E-state index contributed by atoms with van der Waals surface area (Å²) in [4.78, 5) is 0. The van der Waals surface area contributed by atoms with Gasteiger partial charge in [-0.05, 0) is 37.0 Å². The summed E-state index contributed by atoms with van der Waals surface area (Å²) in [6.45, 7) is 6.16. The Morgan fingerprint density at radius 2 is 1.93 bits per heavy atom. The lowest BCUT2D eigenvalue weighted by Gasteiger charge is -2.43. The van der Waals surface area contributed by atoms with Gasteiger partial charge in [0.2, 0.25) is 0 Å². The molecular formula is C12H24O3. The molecule has 3 atom stereocenters. The number of aliphatic hydroxyl groups excluding tert-OH is 2. The maximum absolute atomic E-state index is 10.3. The zero-order chi connectivity index (χ0) is 11.7. The Balaban J connectivity index is 2.71. The van der Waals surface area contributed by atoms with E-state index in [2.05, 4.69) is 20.8 Å². The standard InChI is InChI=1S/C12H24O3/c1-11(2,3)7-9-6-10(14)4-5-12(9,15)8-13/h9-10,13-15H,4-8H2,1-3H3. The summed E-state index contributed by atoms with van der Waals surface area (Å²) in [5, 5.41) is 29.1. The summed E-state index contributed by atoms with van der Waals surface area (Å²) in [5.41, 5.74) is -0.864. The molecule has 1 saturated carbocycles. The van der Waals surface area contributed by atoms with Gasteiger partial charge in [-0.3, -0.25) is 0 Å². The molecule has 3 nitrogen and oxygen atoms in total. The van der Waals surface area contributed by atoms with Crippen molar-refractivity contribution in [3.8, 4) is 0 Å². The van der Waals surface area contributed by atoms with E-state index in [1.807, 2.05) is 0 Å². The van der Waals surface area contributed by atoms with Gasteiger partial charge in [-0.25, -0.2) is 0 Å². The van der Waals surface area contributed by atoms with Crippen LogP contribution < -0.4 is 0 Å². The summed E-state index contributed by atoms with van der Waals surface area (Å²) < 4.78 is 0. The van der Waals surface area contributed by atoms with Crippen LogP contribution in [0, 0.1) is 11.3 Å². The van der Waals surface area contributed by atoms with Crippen LogP contribution in [0.5, 0.6) is 0 Å². The lowest BCUT2D eigenvalue weighted by Crippen LogP contribution is -2.48. The summed E-state index contributed by atoms with van der Waals surface area (Å²) in [6.07, 6.45) is 2.22. The highest BCUT2D eigenvalue weighted by Gasteiger charge is 2.42. The van der Waals surface area contributed by atoms with Crippen LogP contribution >= 0.6 is 0 Å². The van der Waals surface area contributed by atoms with Gasteiger partial charge in [0.15, 0.2) is 0 Å². The van der Waals surface area contributed by atoms with Crippen molar-refractivity contribution < 1.29 is 15.3 Å². The van der Waals surface area contributed by atoms with Crippen LogP contribution in [0.3, 0.4) is 0 Å². The third-order valence-corrected chi connectivity index (χ3v) is 3.36. The predicted molar refractivity (Wildman–Crippen MR) is 59.5 cm³/mol. The molecule has 0 heterocycles. The molecule has 0 aromatic rings. The molecule has 0 bridgehead atoms. The van der Waals surface area contributed by atoms with E-state index < -0.39 is 5.60 Å². The molecule has 1 fully saturated rings. The minimum atomic E-state index is -0.980. The molecule has 1 aliphatic rings. The van der Waals surface area contributed by atoms with Gasteiger partial charge < -0.3 is 15.3 Å². The number of hydrogen-bond donors (Lipinski definition) is 3. The van der Waals surface area contributed by atoms with Crippen LogP contribution in [-0.2, 0) is 0 Å². The zero-order valence-electron chi connectivity index (χ0n) is 10.0. The third-order valence-electron chi connectivity index (χ3n) is 3.36. The highest BCUT2D eigenvalue weighted by atomic mass is 16.3. The molecule has 3 unspecified atom stereocenters. The molecule has 0 radical (unpaired) electrons. The first-order chi connectivity index (χ1) is 6.77. The molecule has 90 valence electrons. The van der Waals surface area contributed by atoms with Gasteiger partial charge in [0.25, 0.3) is 0 Å². The molecule has 15 heavy (non-hydrogen) atoms. The van der Waals surface area contributed by atoms with Crippen molar-refractivity contribution in [2.24, 2.45) is 11.3 Å². The maximum atomic E-state index is 10.3. The van der Waals surface area contributed by atoms with E-state index in [4.69, 9.17) is 0 Å². The lowest BCUT2D eigenvalue weighted by molar-refractivity contribution is -0.118. The lowest BCUT2D eigenvalue weighted by atomic mass is 9.68. The Morgan fingerprint density at radius 1 is 1.33 bits per heavy atom. The average Bonchev–Trinajstić information content (AvgIpc) is 2.09. The zero-order valence-corrected chi connectivity index (χ0v) is 10.0. The van der Waals surface area contributed by atoms with Crippen molar-refractivity contribution in [2.45, 2.75) is 58.2 Å². The monoisotopic (exact) mass is 216 g/mol. The van der Waals surface area contributed by atoms with Crippen molar-refractivity contribution in [1.82, 2.24) is 0 Å². The first-order valence-corrected chi connectivity index (χ1v) is 5.78.